The third kappa shape index (κ3) is 3.59. The summed E-state index contributed by atoms with van der Waals surface area (Å²) in [5.74, 6) is -0.194. The number of amides is 1. The van der Waals surface area contributed by atoms with Crippen molar-refractivity contribution >= 4 is 28.3 Å². The molecular formula is C17H18N2O3S. The number of esters is 1. The molecule has 1 N–H and O–H groups in total. The van der Waals surface area contributed by atoms with Crippen LogP contribution < -0.4 is 5.32 Å². The van der Waals surface area contributed by atoms with E-state index in [9.17, 15) is 9.59 Å². The average Bonchev–Trinajstić information content (AvgIpc) is 2.88. The van der Waals surface area contributed by atoms with Gasteiger partial charge in [-0.1, -0.05) is 36.8 Å². The number of carbonyl (C=O) groups excluding carboxylic acids is 2. The molecule has 1 saturated carbocycles. The quantitative estimate of drug-likeness (QED) is 0.854. The first-order valence-electron chi connectivity index (χ1n) is 7.60. The summed E-state index contributed by atoms with van der Waals surface area (Å²) in [4.78, 5) is 29.0. The van der Waals surface area contributed by atoms with E-state index >= 15 is 0 Å². The Hall–Kier alpha value is -2.21. The molecule has 6 heteroatoms. The Morgan fingerprint density at radius 3 is 2.65 bits per heavy atom. The summed E-state index contributed by atoms with van der Waals surface area (Å²) in [5, 5.41) is 3.42. The lowest BCUT2D eigenvalue weighted by Gasteiger charge is -2.23. The van der Waals surface area contributed by atoms with Crippen molar-refractivity contribution < 1.29 is 14.3 Å². The lowest BCUT2D eigenvalue weighted by Crippen LogP contribution is -2.27. The number of nitrogens with zero attached hydrogens (tertiary/aromatic N) is 1. The maximum atomic E-state index is 12.1. The fourth-order valence-corrected chi connectivity index (χ4v) is 3.40. The lowest BCUT2D eigenvalue weighted by molar-refractivity contribution is -0.139. The Labute approximate surface area is 138 Å². The summed E-state index contributed by atoms with van der Waals surface area (Å²) in [5.41, 5.74) is 1.65. The molecule has 1 aromatic carbocycles. The molecule has 5 nitrogen and oxygen atoms in total. The maximum Gasteiger partial charge on any atom is 0.310 e. The van der Waals surface area contributed by atoms with Gasteiger partial charge in [0.2, 0.25) is 5.91 Å². The van der Waals surface area contributed by atoms with E-state index in [1.54, 1.807) is 0 Å². The first-order chi connectivity index (χ1) is 11.2. The molecule has 0 radical (unpaired) electrons. The predicted molar refractivity (Wildman–Crippen MR) is 89.2 cm³/mol. The largest absolute Gasteiger partial charge is 0.469 e. The van der Waals surface area contributed by atoms with Gasteiger partial charge < -0.3 is 10.1 Å². The van der Waals surface area contributed by atoms with E-state index in [1.807, 2.05) is 30.3 Å². The second-order valence-corrected chi connectivity index (χ2v) is 6.61. The van der Waals surface area contributed by atoms with Crippen LogP contribution in [0.5, 0.6) is 0 Å². The first kappa shape index (κ1) is 15.7. The van der Waals surface area contributed by atoms with E-state index < -0.39 is 0 Å². The molecule has 3 rings (SSSR count). The van der Waals surface area contributed by atoms with Crippen LogP contribution in [0.2, 0.25) is 0 Å². The zero-order valence-electron chi connectivity index (χ0n) is 12.9. The molecule has 1 fully saturated rings. The van der Waals surface area contributed by atoms with Crippen molar-refractivity contribution in [2.45, 2.75) is 25.7 Å². The van der Waals surface area contributed by atoms with Crippen molar-refractivity contribution in [3.05, 3.63) is 35.2 Å². The number of aromatic nitrogens is 1. The van der Waals surface area contributed by atoms with E-state index in [2.05, 4.69) is 10.3 Å². The second-order valence-electron chi connectivity index (χ2n) is 5.53. The van der Waals surface area contributed by atoms with Gasteiger partial charge >= 0.3 is 5.97 Å². The van der Waals surface area contributed by atoms with Crippen LogP contribution in [0.15, 0.2) is 30.3 Å². The van der Waals surface area contributed by atoms with Gasteiger partial charge in [-0.2, -0.15) is 0 Å². The van der Waals surface area contributed by atoms with E-state index in [4.69, 9.17) is 4.74 Å². The molecule has 1 amide bonds. The van der Waals surface area contributed by atoms with Crippen LogP contribution >= 0.6 is 11.3 Å². The van der Waals surface area contributed by atoms with Crippen molar-refractivity contribution in [1.82, 2.24) is 4.98 Å². The zero-order valence-corrected chi connectivity index (χ0v) is 13.7. The van der Waals surface area contributed by atoms with E-state index in [0.717, 1.165) is 35.4 Å². The first-order valence-corrected chi connectivity index (χ1v) is 8.42. The number of anilines is 1. The Bertz CT molecular complexity index is 708. The number of carbonyl (C=O) groups is 2. The van der Waals surface area contributed by atoms with Gasteiger partial charge in [0, 0.05) is 16.4 Å². The van der Waals surface area contributed by atoms with Crippen LogP contribution in [-0.4, -0.2) is 24.0 Å². The molecule has 1 aliphatic rings. The Kier molecular flexibility index (Phi) is 4.71. The van der Waals surface area contributed by atoms with E-state index in [-0.39, 0.29) is 24.2 Å². The fourth-order valence-electron chi connectivity index (χ4n) is 2.43. The number of ether oxygens (including phenoxy) is 1. The molecule has 1 aromatic heterocycles. The van der Waals surface area contributed by atoms with Crippen LogP contribution in [0.1, 0.15) is 24.1 Å². The number of hydrogen-bond acceptors (Lipinski definition) is 5. The molecule has 1 heterocycles. The Morgan fingerprint density at radius 1 is 1.30 bits per heavy atom. The van der Waals surface area contributed by atoms with Crippen molar-refractivity contribution in [2.75, 3.05) is 12.4 Å². The maximum absolute atomic E-state index is 12.1. The highest BCUT2D eigenvalue weighted by atomic mass is 32.1. The molecule has 120 valence electrons. The normalized spacial score (nSPS) is 14.1. The molecule has 2 aromatic rings. The third-order valence-electron chi connectivity index (χ3n) is 3.98. The molecule has 0 unspecified atom stereocenters. The highest BCUT2D eigenvalue weighted by Crippen LogP contribution is 2.33. The van der Waals surface area contributed by atoms with Gasteiger partial charge in [-0.3, -0.25) is 9.59 Å². The molecular weight excluding hydrogens is 312 g/mol. The lowest BCUT2D eigenvalue weighted by atomic mass is 9.85. The predicted octanol–water partition coefficient (Wildman–Crippen LogP) is 3.26. The minimum absolute atomic E-state index is 0.0224. The standard InChI is InChI=1S/C17H18N2O3S/c1-22-14(20)10-13-15(11-6-3-2-4-7-11)18-17(23-13)19-16(21)12-8-5-9-12/h2-4,6-7,12H,5,8-10H2,1H3,(H,18,19,21). The summed E-state index contributed by atoms with van der Waals surface area (Å²) in [6.07, 6.45) is 3.14. The zero-order chi connectivity index (χ0) is 16.2. The summed E-state index contributed by atoms with van der Waals surface area (Å²) in [6, 6.07) is 9.64. The van der Waals surface area contributed by atoms with Crippen LogP contribution in [0.25, 0.3) is 11.3 Å². The fraction of sp³-hybridized carbons (Fsp3) is 0.353. The van der Waals surface area contributed by atoms with Crippen molar-refractivity contribution in [3.63, 3.8) is 0 Å². The van der Waals surface area contributed by atoms with Crippen LogP contribution in [0, 0.1) is 5.92 Å². The third-order valence-corrected chi connectivity index (χ3v) is 4.95. The minimum Gasteiger partial charge on any atom is -0.469 e. The molecule has 0 atom stereocenters. The van der Waals surface area contributed by atoms with Gasteiger partial charge in [0.05, 0.1) is 19.2 Å². The number of benzene rings is 1. The van der Waals surface area contributed by atoms with Gasteiger partial charge in [0.15, 0.2) is 5.13 Å². The van der Waals surface area contributed by atoms with Gasteiger partial charge in [0.1, 0.15) is 0 Å². The molecule has 0 spiro atoms. The molecule has 23 heavy (non-hydrogen) atoms. The Balaban J connectivity index is 1.86. The van der Waals surface area contributed by atoms with Crippen LogP contribution in [-0.2, 0) is 20.7 Å². The topological polar surface area (TPSA) is 68.3 Å². The van der Waals surface area contributed by atoms with Crippen molar-refractivity contribution in [2.24, 2.45) is 5.92 Å². The van der Waals surface area contributed by atoms with Gasteiger partial charge in [-0.25, -0.2) is 4.98 Å². The molecule has 0 saturated heterocycles. The monoisotopic (exact) mass is 330 g/mol. The molecule has 0 aliphatic heterocycles. The highest BCUT2D eigenvalue weighted by Gasteiger charge is 2.26. The molecule has 1 aliphatic carbocycles. The summed E-state index contributed by atoms with van der Waals surface area (Å²) in [6.45, 7) is 0. The van der Waals surface area contributed by atoms with Gasteiger partial charge in [0.25, 0.3) is 0 Å². The minimum atomic E-state index is -0.317. The smallest absolute Gasteiger partial charge is 0.310 e. The second kappa shape index (κ2) is 6.91. The summed E-state index contributed by atoms with van der Waals surface area (Å²) < 4.78 is 4.75. The van der Waals surface area contributed by atoms with Crippen LogP contribution in [0.3, 0.4) is 0 Å². The highest BCUT2D eigenvalue weighted by molar-refractivity contribution is 7.16. The number of thiazole rings is 1. The average molecular weight is 330 g/mol. The van der Waals surface area contributed by atoms with E-state index in [1.165, 1.54) is 18.4 Å². The summed E-state index contributed by atoms with van der Waals surface area (Å²) >= 11 is 1.33. The van der Waals surface area contributed by atoms with Crippen molar-refractivity contribution in [1.29, 1.82) is 0 Å². The van der Waals surface area contributed by atoms with Crippen LogP contribution in [0.4, 0.5) is 5.13 Å². The summed E-state index contributed by atoms with van der Waals surface area (Å²) in [7, 11) is 1.37. The molecule has 0 bridgehead atoms. The SMILES string of the molecule is COC(=O)Cc1sc(NC(=O)C2CCC2)nc1-c1ccccc1. The van der Waals surface area contributed by atoms with Gasteiger partial charge in [-0.15, -0.1) is 11.3 Å². The Morgan fingerprint density at radius 2 is 2.04 bits per heavy atom. The number of methoxy groups -OCH3 is 1. The van der Waals surface area contributed by atoms with Crippen molar-refractivity contribution in [3.8, 4) is 11.3 Å². The number of nitrogens with one attached hydrogen (secondary N) is 1. The van der Waals surface area contributed by atoms with E-state index in [0.29, 0.717) is 5.13 Å². The number of rotatable bonds is 5. The number of hydrogen-bond donors (Lipinski definition) is 1. The van der Waals surface area contributed by atoms with Gasteiger partial charge in [-0.05, 0) is 12.8 Å².